The molecule has 0 spiro atoms. The van der Waals surface area contributed by atoms with Crippen LogP contribution in [-0.4, -0.2) is 30.9 Å². The minimum Gasteiger partial charge on any atom is -0.465 e. The summed E-state index contributed by atoms with van der Waals surface area (Å²) >= 11 is 0. The Morgan fingerprint density at radius 2 is 2.00 bits per heavy atom. The Hall–Kier alpha value is -1.65. The lowest BCUT2D eigenvalue weighted by Crippen LogP contribution is -2.43. The van der Waals surface area contributed by atoms with E-state index in [0.29, 0.717) is 18.4 Å². The summed E-state index contributed by atoms with van der Waals surface area (Å²) in [5.41, 5.74) is -0.575. The van der Waals surface area contributed by atoms with Gasteiger partial charge in [-0.1, -0.05) is 13.0 Å². The number of hydrogen-bond acceptors (Lipinski definition) is 5. The van der Waals surface area contributed by atoms with Gasteiger partial charge in [-0.05, 0) is 31.8 Å². The van der Waals surface area contributed by atoms with Crippen molar-refractivity contribution in [1.82, 2.24) is 0 Å². The molecule has 0 heterocycles. The zero-order chi connectivity index (χ0) is 15.2. The Morgan fingerprint density at radius 1 is 1.30 bits per heavy atom. The van der Waals surface area contributed by atoms with Crippen molar-refractivity contribution in [1.29, 1.82) is 0 Å². The summed E-state index contributed by atoms with van der Waals surface area (Å²) in [4.78, 5) is 35.3. The van der Waals surface area contributed by atoms with Crippen LogP contribution in [-0.2, 0) is 23.9 Å². The molecule has 0 N–H and O–H groups in total. The van der Waals surface area contributed by atoms with Gasteiger partial charge >= 0.3 is 11.9 Å². The van der Waals surface area contributed by atoms with Crippen LogP contribution in [0.4, 0.5) is 0 Å². The first-order valence-electron chi connectivity index (χ1n) is 6.93. The first kappa shape index (κ1) is 16.4. The second-order valence-corrected chi connectivity index (χ2v) is 5.14. The summed E-state index contributed by atoms with van der Waals surface area (Å²) < 4.78 is 9.94. The van der Waals surface area contributed by atoms with Crippen LogP contribution in [0.15, 0.2) is 12.2 Å². The number of hydrogen-bond donors (Lipinski definition) is 0. The van der Waals surface area contributed by atoms with Gasteiger partial charge in [-0.3, -0.25) is 14.4 Å². The van der Waals surface area contributed by atoms with Gasteiger partial charge in [0, 0.05) is 13.3 Å². The first-order valence-corrected chi connectivity index (χ1v) is 6.93. The molecule has 0 aliphatic heterocycles. The van der Waals surface area contributed by atoms with E-state index in [4.69, 9.17) is 9.47 Å². The van der Waals surface area contributed by atoms with Crippen LogP contribution in [0.1, 0.15) is 46.0 Å². The topological polar surface area (TPSA) is 69.7 Å². The zero-order valence-corrected chi connectivity index (χ0v) is 12.2. The molecule has 0 aromatic carbocycles. The van der Waals surface area contributed by atoms with E-state index in [1.54, 1.807) is 6.92 Å². The smallest absolute Gasteiger partial charge is 0.319 e. The van der Waals surface area contributed by atoms with E-state index in [1.807, 2.05) is 0 Å². The third kappa shape index (κ3) is 3.92. The molecule has 0 aromatic heterocycles. The van der Waals surface area contributed by atoms with Crippen molar-refractivity contribution in [2.45, 2.75) is 46.0 Å². The van der Waals surface area contributed by atoms with Crippen molar-refractivity contribution in [3.8, 4) is 0 Å². The van der Waals surface area contributed by atoms with Crippen LogP contribution in [0.5, 0.6) is 0 Å². The standard InChI is InChI=1S/C15H22O5/c1-4-19-14(18)15(8-6-5-7-13(15)17)9-11(2)10-20-12(3)16/h2,4-10H2,1,3H3. The summed E-state index contributed by atoms with van der Waals surface area (Å²) in [6, 6.07) is 0. The van der Waals surface area contributed by atoms with Crippen molar-refractivity contribution >= 4 is 17.7 Å². The summed E-state index contributed by atoms with van der Waals surface area (Å²) in [6.45, 7) is 7.10. The van der Waals surface area contributed by atoms with Gasteiger partial charge in [0.05, 0.1) is 6.61 Å². The fourth-order valence-corrected chi connectivity index (χ4v) is 2.52. The van der Waals surface area contributed by atoms with Crippen LogP contribution in [0.25, 0.3) is 0 Å². The number of carbonyl (C=O) groups excluding carboxylic acids is 3. The summed E-state index contributed by atoms with van der Waals surface area (Å²) in [5, 5.41) is 0. The molecule has 5 nitrogen and oxygen atoms in total. The van der Waals surface area contributed by atoms with Crippen molar-refractivity contribution < 1.29 is 23.9 Å². The van der Waals surface area contributed by atoms with Crippen LogP contribution in [0.2, 0.25) is 0 Å². The van der Waals surface area contributed by atoms with Gasteiger partial charge in [-0.15, -0.1) is 0 Å². The highest BCUT2D eigenvalue weighted by molar-refractivity contribution is 6.04. The predicted molar refractivity (Wildman–Crippen MR) is 72.9 cm³/mol. The lowest BCUT2D eigenvalue weighted by molar-refractivity contribution is -0.162. The Kier molecular flexibility index (Phi) is 5.92. The Labute approximate surface area is 119 Å². The molecular weight excluding hydrogens is 260 g/mol. The SMILES string of the molecule is C=C(COC(C)=O)CC1(C(=O)OCC)CCCCC1=O. The Morgan fingerprint density at radius 3 is 2.55 bits per heavy atom. The number of ether oxygens (including phenoxy) is 2. The molecule has 1 fully saturated rings. The lowest BCUT2D eigenvalue weighted by Gasteiger charge is -2.33. The Bertz CT molecular complexity index is 412. The fourth-order valence-electron chi connectivity index (χ4n) is 2.52. The van der Waals surface area contributed by atoms with Gasteiger partial charge in [0.15, 0.2) is 5.78 Å². The molecule has 1 aliphatic carbocycles. The molecule has 1 saturated carbocycles. The highest BCUT2D eigenvalue weighted by atomic mass is 16.5. The van der Waals surface area contributed by atoms with Gasteiger partial charge in [-0.2, -0.15) is 0 Å². The van der Waals surface area contributed by atoms with E-state index in [9.17, 15) is 14.4 Å². The molecule has 1 rings (SSSR count). The number of esters is 2. The highest BCUT2D eigenvalue weighted by Gasteiger charge is 2.48. The average Bonchev–Trinajstić information content (AvgIpc) is 2.39. The van der Waals surface area contributed by atoms with E-state index in [1.165, 1.54) is 6.92 Å². The first-order chi connectivity index (χ1) is 9.42. The summed E-state index contributed by atoms with van der Waals surface area (Å²) in [6.07, 6.45) is 2.67. The van der Waals surface area contributed by atoms with Crippen LogP contribution >= 0.6 is 0 Å². The van der Waals surface area contributed by atoms with E-state index in [0.717, 1.165) is 12.8 Å². The van der Waals surface area contributed by atoms with Crippen molar-refractivity contribution in [3.63, 3.8) is 0 Å². The van der Waals surface area contributed by atoms with Gasteiger partial charge in [0.25, 0.3) is 0 Å². The van der Waals surface area contributed by atoms with E-state index in [2.05, 4.69) is 6.58 Å². The number of carbonyl (C=O) groups is 3. The zero-order valence-electron chi connectivity index (χ0n) is 12.2. The van der Waals surface area contributed by atoms with E-state index < -0.39 is 17.4 Å². The predicted octanol–water partition coefficient (Wildman–Crippen LogP) is 2.19. The second-order valence-electron chi connectivity index (χ2n) is 5.14. The van der Waals surface area contributed by atoms with Crippen molar-refractivity contribution in [2.75, 3.05) is 13.2 Å². The maximum absolute atomic E-state index is 12.3. The largest absolute Gasteiger partial charge is 0.465 e. The van der Waals surface area contributed by atoms with E-state index >= 15 is 0 Å². The molecule has 112 valence electrons. The number of ketones is 1. The molecule has 0 amide bonds. The van der Waals surface area contributed by atoms with Crippen molar-refractivity contribution in [3.05, 3.63) is 12.2 Å². The second kappa shape index (κ2) is 7.22. The monoisotopic (exact) mass is 282 g/mol. The Balaban J connectivity index is 2.82. The van der Waals surface area contributed by atoms with Crippen LogP contribution in [0.3, 0.4) is 0 Å². The normalized spacial score (nSPS) is 22.2. The fraction of sp³-hybridized carbons (Fsp3) is 0.667. The minimum absolute atomic E-state index is 0.0315. The molecule has 1 atom stereocenters. The molecule has 0 bridgehead atoms. The van der Waals surface area contributed by atoms with Gasteiger partial charge < -0.3 is 9.47 Å². The molecule has 0 radical (unpaired) electrons. The van der Waals surface area contributed by atoms with Gasteiger partial charge in [-0.25, -0.2) is 0 Å². The summed E-state index contributed by atoms with van der Waals surface area (Å²) in [7, 11) is 0. The van der Waals surface area contributed by atoms with Crippen LogP contribution < -0.4 is 0 Å². The quantitative estimate of drug-likeness (QED) is 0.424. The molecular formula is C15H22O5. The molecule has 0 saturated heterocycles. The van der Waals surface area contributed by atoms with E-state index in [-0.39, 0.29) is 25.4 Å². The maximum Gasteiger partial charge on any atom is 0.319 e. The third-order valence-corrected chi connectivity index (χ3v) is 3.49. The molecule has 1 aliphatic rings. The molecule has 20 heavy (non-hydrogen) atoms. The summed E-state index contributed by atoms with van der Waals surface area (Å²) in [5.74, 6) is -0.980. The van der Waals surface area contributed by atoms with Gasteiger partial charge in [0.1, 0.15) is 12.0 Å². The maximum atomic E-state index is 12.3. The average molecular weight is 282 g/mol. The lowest BCUT2D eigenvalue weighted by atomic mass is 9.69. The highest BCUT2D eigenvalue weighted by Crippen LogP contribution is 2.39. The van der Waals surface area contributed by atoms with Crippen LogP contribution in [0, 0.1) is 5.41 Å². The molecule has 0 aromatic rings. The van der Waals surface area contributed by atoms with Gasteiger partial charge in [0.2, 0.25) is 0 Å². The minimum atomic E-state index is -1.13. The molecule has 1 unspecified atom stereocenters. The third-order valence-electron chi connectivity index (χ3n) is 3.49. The number of rotatable bonds is 6. The number of Topliss-reactive ketones (excluding diaryl/α,β-unsaturated/α-hetero) is 1. The van der Waals surface area contributed by atoms with Crippen molar-refractivity contribution in [2.24, 2.45) is 5.41 Å². The molecule has 5 heteroatoms.